The van der Waals surface area contributed by atoms with E-state index in [9.17, 15) is 4.79 Å². The number of rotatable bonds is 6. The van der Waals surface area contributed by atoms with Gasteiger partial charge in [0.1, 0.15) is 0 Å². The largest absolute Gasteiger partial charge is 0.373 e. The Bertz CT molecular complexity index is 961. The lowest BCUT2D eigenvalue weighted by molar-refractivity contribution is 0.0946. The molecule has 1 aliphatic heterocycles. The second kappa shape index (κ2) is 8.01. The van der Waals surface area contributed by atoms with Crippen molar-refractivity contribution < 1.29 is 9.53 Å². The zero-order valence-electron chi connectivity index (χ0n) is 14.9. The molecule has 5 heteroatoms. The molecule has 3 heterocycles. The Morgan fingerprint density at radius 3 is 2.89 bits per heavy atom. The van der Waals surface area contributed by atoms with Crippen LogP contribution in [0.5, 0.6) is 0 Å². The molecule has 0 saturated carbocycles. The molecule has 0 unspecified atom stereocenters. The van der Waals surface area contributed by atoms with E-state index in [-0.39, 0.29) is 5.91 Å². The van der Waals surface area contributed by atoms with Gasteiger partial charge in [-0.25, -0.2) is 0 Å². The van der Waals surface area contributed by atoms with E-state index in [1.165, 1.54) is 0 Å². The third-order valence-corrected chi connectivity index (χ3v) is 4.51. The molecular weight excluding hydrogens is 338 g/mol. The van der Waals surface area contributed by atoms with Gasteiger partial charge in [-0.3, -0.25) is 9.78 Å². The summed E-state index contributed by atoms with van der Waals surface area (Å²) in [7, 11) is 0. The normalized spacial score (nSPS) is 13.6. The van der Waals surface area contributed by atoms with E-state index >= 15 is 0 Å². The van der Waals surface area contributed by atoms with Gasteiger partial charge in [0.2, 0.25) is 0 Å². The molecule has 5 nitrogen and oxygen atoms in total. The number of H-pyrrole nitrogens is 1. The Morgan fingerprint density at radius 1 is 1.15 bits per heavy atom. The second-order valence-electron chi connectivity index (χ2n) is 6.45. The number of nitrogens with zero attached hydrogens (tertiary/aromatic N) is 1. The first kappa shape index (κ1) is 17.2. The topological polar surface area (TPSA) is 67.0 Å². The summed E-state index contributed by atoms with van der Waals surface area (Å²) in [6.45, 7) is 1.80. The summed E-state index contributed by atoms with van der Waals surface area (Å²) < 4.78 is 5.66. The summed E-state index contributed by atoms with van der Waals surface area (Å²) in [5.41, 5.74) is 5.70. The smallest absolute Gasteiger partial charge is 0.253 e. The minimum absolute atomic E-state index is 0.0107. The molecule has 0 bridgehead atoms. The van der Waals surface area contributed by atoms with Crippen molar-refractivity contribution in [3.63, 3.8) is 0 Å². The van der Waals surface area contributed by atoms with Crippen molar-refractivity contribution in [3.05, 3.63) is 83.3 Å². The summed E-state index contributed by atoms with van der Waals surface area (Å²) in [6, 6.07) is 16.0. The summed E-state index contributed by atoms with van der Waals surface area (Å²) in [5.74, 6) is -0.0107. The van der Waals surface area contributed by atoms with Crippen molar-refractivity contribution in [1.29, 1.82) is 0 Å². The van der Waals surface area contributed by atoms with Crippen molar-refractivity contribution in [2.75, 3.05) is 13.2 Å². The van der Waals surface area contributed by atoms with Gasteiger partial charge in [-0.15, -0.1) is 0 Å². The van der Waals surface area contributed by atoms with Crippen molar-refractivity contribution >= 4 is 12.0 Å². The Labute approximate surface area is 158 Å². The van der Waals surface area contributed by atoms with Gasteiger partial charge in [-0.05, 0) is 29.8 Å². The lowest BCUT2D eigenvalue weighted by Crippen LogP contribution is -2.31. The van der Waals surface area contributed by atoms with Gasteiger partial charge < -0.3 is 15.0 Å². The maximum Gasteiger partial charge on any atom is 0.253 e. The summed E-state index contributed by atoms with van der Waals surface area (Å²) in [6.07, 6.45) is 6.52. The van der Waals surface area contributed by atoms with E-state index in [1.54, 1.807) is 6.20 Å². The van der Waals surface area contributed by atoms with Crippen LogP contribution in [-0.2, 0) is 17.8 Å². The number of aromatic amines is 1. The van der Waals surface area contributed by atoms with Gasteiger partial charge >= 0.3 is 0 Å². The van der Waals surface area contributed by atoms with Crippen LogP contribution in [0.25, 0.3) is 17.3 Å². The fraction of sp³-hybridized carbons (Fsp3) is 0.182. The SMILES string of the molecule is O=C1NCCc2[nH]c(-c3ccnc(C=CCOCc4ccccc4)c3)cc21. The van der Waals surface area contributed by atoms with Crippen LogP contribution < -0.4 is 5.32 Å². The molecule has 1 aromatic carbocycles. The van der Waals surface area contributed by atoms with Crippen molar-refractivity contribution in [3.8, 4) is 11.3 Å². The second-order valence-corrected chi connectivity index (χ2v) is 6.45. The predicted octanol–water partition coefficient (Wildman–Crippen LogP) is 3.59. The molecule has 2 aromatic heterocycles. The Balaban J connectivity index is 1.40. The molecule has 0 atom stereocenters. The highest BCUT2D eigenvalue weighted by Gasteiger charge is 2.19. The average Bonchev–Trinajstić information content (AvgIpc) is 3.15. The van der Waals surface area contributed by atoms with Crippen LogP contribution in [-0.4, -0.2) is 29.0 Å². The first-order valence-corrected chi connectivity index (χ1v) is 9.04. The van der Waals surface area contributed by atoms with Crippen LogP contribution in [0.3, 0.4) is 0 Å². The molecule has 3 aromatic rings. The third kappa shape index (κ3) is 4.15. The Hall–Kier alpha value is -3.18. The van der Waals surface area contributed by atoms with Crippen LogP contribution >= 0.6 is 0 Å². The average molecular weight is 359 g/mol. The highest BCUT2D eigenvalue weighted by atomic mass is 16.5. The number of fused-ring (bicyclic) bond motifs is 1. The summed E-state index contributed by atoms with van der Waals surface area (Å²) in [4.78, 5) is 19.7. The van der Waals surface area contributed by atoms with Crippen LogP contribution in [0.2, 0.25) is 0 Å². The minimum atomic E-state index is -0.0107. The van der Waals surface area contributed by atoms with Gasteiger partial charge in [0.15, 0.2) is 0 Å². The maximum atomic E-state index is 11.9. The van der Waals surface area contributed by atoms with Gasteiger partial charge in [-0.2, -0.15) is 0 Å². The van der Waals surface area contributed by atoms with Crippen molar-refractivity contribution in [2.45, 2.75) is 13.0 Å². The van der Waals surface area contributed by atoms with E-state index in [4.69, 9.17) is 4.74 Å². The zero-order chi connectivity index (χ0) is 18.5. The number of ether oxygens (including phenoxy) is 1. The molecule has 4 rings (SSSR count). The Morgan fingerprint density at radius 2 is 2.04 bits per heavy atom. The highest BCUT2D eigenvalue weighted by molar-refractivity contribution is 5.97. The molecule has 1 aliphatic rings. The lowest BCUT2D eigenvalue weighted by Gasteiger charge is -2.10. The Kier molecular flexibility index (Phi) is 5.12. The van der Waals surface area contributed by atoms with E-state index in [0.29, 0.717) is 19.8 Å². The lowest BCUT2D eigenvalue weighted by atomic mass is 10.1. The summed E-state index contributed by atoms with van der Waals surface area (Å²) >= 11 is 0. The molecule has 27 heavy (non-hydrogen) atoms. The predicted molar refractivity (Wildman–Crippen MR) is 105 cm³/mol. The fourth-order valence-corrected chi connectivity index (χ4v) is 3.14. The van der Waals surface area contributed by atoms with E-state index in [0.717, 1.165) is 40.2 Å². The quantitative estimate of drug-likeness (QED) is 0.661. The fourth-order valence-electron chi connectivity index (χ4n) is 3.14. The number of carbonyl (C=O) groups excluding carboxylic acids is 1. The maximum absolute atomic E-state index is 11.9. The van der Waals surface area contributed by atoms with Gasteiger partial charge in [0, 0.05) is 36.1 Å². The molecule has 0 saturated heterocycles. The number of aromatic nitrogens is 2. The van der Waals surface area contributed by atoms with Crippen molar-refractivity contribution in [2.24, 2.45) is 0 Å². The van der Waals surface area contributed by atoms with Gasteiger partial charge in [0.25, 0.3) is 5.91 Å². The van der Waals surface area contributed by atoms with E-state index < -0.39 is 0 Å². The van der Waals surface area contributed by atoms with Crippen LogP contribution in [0.1, 0.15) is 27.3 Å². The third-order valence-electron chi connectivity index (χ3n) is 4.51. The van der Waals surface area contributed by atoms with Gasteiger partial charge in [-0.1, -0.05) is 36.4 Å². The minimum Gasteiger partial charge on any atom is -0.373 e. The number of amides is 1. The van der Waals surface area contributed by atoms with Crippen LogP contribution in [0.15, 0.2) is 60.8 Å². The number of hydrogen-bond donors (Lipinski definition) is 2. The molecule has 1 amide bonds. The van der Waals surface area contributed by atoms with Crippen LogP contribution in [0, 0.1) is 0 Å². The molecule has 0 spiro atoms. The molecule has 0 fully saturated rings. The number of nitrogens with one attached hydrogen (secondary N) is 2. The molecule has 0 aliphatic carbocycles. The number of carbonyl (C=O) groups is 1. The first-order chi connectivity index (χ1) is 13.3. The summed E-state index contributed by atoms with van der Waals surface area (Å²) in [5, 5.41) is 2.87. The standard InChI is InChI=1S/C22H21N3O2/c26-22-19-14-21(25-20(19)9-11-24-22)17-8-10-23-18(13-17)7-4-12-27-15-16-5-2-1-3-6-16/h1-8,10,13-14,25H,9,11-12,15H2,(H,24,26). The monoisotopic (exact) mass is 359 g/mol. The molecule has 0 radical (unpaired) electrons. The number of benzene rings is 1. The molecule has 2 N–H and O–H groups in total. The van der Waals surface area contributed by atoms with E-state index in [2.05, 4.69) is 15.3 Å². The van der Waals surface area contributed by atoms with Crippen molar-refractivity contribution in [1.82, 2.24) is 15.3 Å². The highest BCUT2D eigenvalue weighted by Crippen LogP contribution is 2.24. The molecule has 136 valence electrons. The number of hydrogen-bond acceptors (Lipinski definition) is 3. The van der Waals surface area contributed by atoms with E-state index in [1.807, 2.05) is 60.7 Å². The zero-order valence-corrected chi connectivity index (χ0v) is 14.9. The first-order valence-electron chi connectivity index (χ1n) is 9.04. The molecular formula is C22H21N3O2. The van der Waals surface area contributed by atoms with Gasteiger partial charge in [0.05, 0.1) is 24.5 Å². The van der Waals surface area contributed by atoms with Crippen LogP contribution in [0.4, 0.5) is 0 Å². The number of pyridine rings is 1.